The number of aromatic nitrogens is 5. The average molecular weight is 380 g/mol. The van der Waals surface area contributed by atoms with Crippen molar-refractivity contribution in [1.82, 2.24) is 24.9 Å². The zero-order valence-electron chi connectivity index (χ0n) is 16.0. The maximum absolute atomic E-state index is 9.38. The number of nitrogens with one attached hydrogen (secondary N) is 2. The van der Waals surface area contributed by atoms with Crippen molar-refractivity contribution >= 4 is 23.7 Å². The lowest BCUT2D eigenvalue weighted by Gasteiger charge is -2.19. The van der Waals surface area contributed by atoms with Crippen LogP contribution in [0.25, 0.3) is 0 Å². The van der Waals surface area contributed by atoms with Gasteiger partial charge in [0.25, 0.3) is 0 Å². The van der Waals surface area contributed by atoms with Crippen molar-refractivity contribution < 1.29 is 5.11 Å². The molecule has 0 unspecified atom stereocenters. The standard InChI is InChI=1S/C19H24N8O/c1-3-27(4-2)19-25-17(21-12-9-14-5-7-15(28)8-6-14)24-18(26-19)23-16-10-11-20-13-22-16/h5-8,10-11,13,28H,3-4,9,12H2,1-2H3,(H2,20,21,22,23,24,25,26). The van der Waals surface area contributed by atoms with E-state index in [2.05, 4.69) is 54.3 Å². The van der Waals surface area contributed by atoms with Crippen LogP contribution in [0.4, 0.5) is 23.7 Å². The summed E-state index contributed by atoms with van der Waals surface area (Å²) in [5.41, 5.74) is 1.11. The van der Waals surface area contributed by atoms with Crippen LogP contribution in [0.2, 0.25) is 0 Å². The SMILES string of the molecule is CCN(CC)c1nc(NCCc2ccc(O)cc2)nc(Nc2ccncn2)n1. The summed E-state index contributed by atoms with van der Waals surface area (Å²) in [6, 6.07) is 8.90. The molecule has 0 aliphatic rings. The topological polar surface area (TPSA) is 112 Å². The number of hydrogen-bond donors (Lipinski definition) is 3. The van der Waals surface area contributed by atoms with Crippen LogP contribution in [0, 0.1) is 0 Å². The molecule has 9 nitrogen and oxygen atoms in total. The van der Waals surface area contributed by atoms with Crippen molar-refractivity contribution in [2.24, 2.45) is 0 Å². The average Bonchev–Trinajstić information content (AvgIpc) is 2.71. The van der Waals surface area contributed by atoms with Crippen molar-refractivity contribution in [2.75, 3.05) is 35.2 Å². The Bertz CT molecular complexity index is 869. The van der Waals surface area contributed by atoms with Gasteiger partial charge < -0.3 is 20.6 Å². The van der Waals surface area contributed by atoms with Gasteiger partial charge in [0, 0.05) is 25.8 Å². The number of aromatic hydroxyl groups is 1. The van der Waals surface area contributed by atoms with Gasteiger partial charge in [-0.1, -0.05) is 12.1 Å². The Balaban J connectivity index is 1.75. The third-order valence-corrected chi connectivity index (χ3v) is 4.12. The lowest BCUT2D eigenvalue weighted by Crippen LogP contribution is -2.25. The second-order valence-electron chi connectivity index (χ2n) is 6.02. The van der Waals surface area contributed by atoms with Crippen molar-refractivity contribution in [1.29, 1.82) is 0 Å². The van der Waals surface area contributed by atoms with E-state index in [4.69, 9.17) is 0 Å². The first-order valence-electron chi connectivity index (χ1n) is 9.23. The largest absolute Gasteiger partial charge is 0.508 e. The minimum absolute atomic E-state index is 0.262. The Hall–Kier alpha value is -3.49. The maximum atomic E-state index is 9.38. The van der Waals surface area contributed by atoms with Crippen molar-refractivity contribution in [3.63, 3.8) is 0 Å². The molecule has 0 saturated carbocycles. The van der Waals surface area contributed by atoms with Gasteiger partial charge in [-0.3, -0.25) is 0 Å². The smallest absolute Gasteiger partial charge is 0.235 e. The van der Waals surface area contributed by atoms with Gasteiger partial charge in [0.1, 0.15) is 17.9 Å². The van der Waals surface area contributed by atoms with Gasteiger partial charge in [-0.15, -0.1) is 0 Å². The van der Waals surface area contributed by atoms with Crippen molar-refractivity contribution in [3.8, 4) is 5.75 Å². The number of phenolic OH excluding ortho intramolecular Hbond substituents is 1. The highest BCUT2D eigenvalue weighted by Gasteiger charge is 2.11. The van der Waals surface area contributed by atoms with Crippen LogP contribution in [-0.2, 0) is 6.42 Å². The summed E-state index contributed by atoms with van der Waals surface area (Å²) in [6.07, 6.45) is 3.89. The minimum Gasteiger partial charge on any atom is -0.508 e. The van der Waals surface area contributed by atoms with E-state index in [1.165, 1.54) is 6.33 Å². The predicted octanol–water partition coefficient (Wildman–Crippen LogP) is 2.61. The third-order valence-electron chi connectivity index (χ3n) is 4.12. The summed E-state index contributed by atoms with van der Waals surface area (Å²) in [7, 11) is 0. The van der Waals surface area contributed by atoms with E-state index in [-0.39, 0.29) is 5.75 Å². The zero-order chi connectivity index (χ0) is 19.8. The summed E-state index contributed by atoms with van der Waals surface area (Å²) in [4.78, 5) is 23.6. The number of nitrogens with zero attached hydrogens (tertiary/aromatic N) is 6. The second kappa shape index (κ2) is 9.45. The van der Waals surface area contributed by atoms with Crippen LogP contribution < -0.4 is 15.5 Å². The molecule has 0 aliphatic carbocycles. The van der Waals surface area contributed by atoms with Crippen molar-refractivity contribution in [2.45, 2.75) is 20.3 Å². The van der Waals surface area contributed by atoms with Gasteiger partial charge in [-0.05, 0) is 44.0 Å². The van der Waals surface area contributed by atoms with E-state index in [1.807, 2.05) is 12.1 Å². The highest BCUT2D eigenvalue weighted by Crippen LogP contribution is 2.16. The molecule has 0 spiro atoms. The molecule has 0 bridgehead atoms. The molecule has 0 saturated heterocycles. The molecule has 0 aliphatic heterocycles. The first kappa shape index (κ1) is 19.3. The molecule has 146 valence electrons. The molecule has 0 amide bonds. The fourth-order valence-electron chi connectivity index (χ4n) is 2.61. The molecule has 28 heavy (non-hydrogen) atoms. The summed E-state index contributed by atoms with van der Waals surface area (Å²) >= 11 is 0. The summed E-state index contributed by atoms with van der Waals surface area (Å²) in [5, 5.41) is 15.7. The van der Waals surface area contributed by atoms with Crippen LogP contribution in [0.5, 0.6) is 5.75 Å². The fourth-order valence-corrected chi connectivity index (χ4v) is 2.61. The molecule has 2 aromatic heterocycles. The number of anilines is 4. The Morgan fingerprint density at radius 3 is 2.39 bits per heavy atom. The molecule has 0 radical (unpaired) electrons. The number of rotatable bonds is 9. The summed E-state index contributed by atoms with van der Waals surface area (Å²) in [5.74, 6) is 2.39. The molecule has 3 rings (SSSR count). The highest BCUT2D eigenvalue weighted by atomic mass is 16.3. The maximum Gasteiger partial charge on any atom is 0.235 e. The molecule has 0 fully saturated rings. The van der Waals surface area contributed by atoms with E-state index in [0.717, 1.165) is 25.1 Å². The van der Waals surface area contributed by atoms with Crippen LogP contribution >= 0.6 is 0 Å². The quantitative estimate of drug-likeness (QED) is 0.515. The molecule has 0 atom stereocenters. The Labute approximate surface area is 163 Å². The second-order valence-corrected chi connectivity index (χ2v) is 6.02. The van der Waals surface area contributed by atoms with Crippen LogP contribution in [0.1, 0.15) is 19.4 Å². The molecule has 9 heteroatoms. The third kappa shape index (κ3) is 5.26. The molecule has 3 N–H and O–H groups in total. The normalized spacial score (nSPS) is 10.5. The Kier molecular flexibility index (Phi) is 6.50. The van der Waals surface area contributed by atoms with E-state index < -0.39 is 0 Å². The monoisotopic (exact) mass is 380 g/mol. The molecular weight excluding hydrogens is 356 g/mol. The number of phenols is 1. The fraction of sp³-hybridized carbons (Fsp3) is 0.316. The van der Waals surface area contributed by atoms with E-state index in [1.54, 1.807) is 24.4 Å². The van der Waals surface area contributed by atoms with E-state index >= 15 is 0 Å². The van der Waals surface area contributed by atoms with Gasteiger partial charge in [0.15, 0.2) is 0 Å². The van der Waals surface area contributed by atoms with E-state index in [0.29, 0.717) is 30.2 Å². The first-order valence-corrected chi connectivity index (χ1v) is 9.23. The lowest BCUT2D eigenvalue weighted by atomic mass is 10.1. The Morgan fingerprint density at radius 2 is 1.71 bits per heavy atom. The predicted molar refractivity (Wildman–Crippen MR) is 109 cm³/mol. The number of hydrogen-bond acceptors (Lipinski definition) is 9. The van der Waals surface area contributed by atoms with Gasteiger partial charge in [0.05, 0.1) is 0 Å². The molecular formula is C19H24N8O. The Morgan fingerprint density at radius 1 is 0.964 bits per heavy atom. The first-order chi connectivity index (χ1) is 13.7. The van der Waals surface area contributed by atoms with Gasteiger partial charge in [-0.25, -0.2) is 9.97 Å². The highest BCUT2D eigenvalue weighted by molar-refractivity contribution is 5.51. The molecule has 1 aromatic carbocycles. The lowest BCUT2D eigenvalue weighted by molar-refractivity contribution is 0.475. The van der Waals surface area contributed by atoms with Gasteiger partial charge >= 0.3 is 0 Å². The van der Waals surface area contributed by atoms with Crippen LogP contribution in [0.3, 0.4) is 0 Å². The minimum atomic E-state index is 0.262. The molecule has 2 heterocycles. The van der Waals surface area contributed by atoms with Crippen LogP contribution in [0.15, 0.2) is 42.9 Å². The van der Waals surface area contributed by atoms with E-state index in [9.17, 15) is 5.11 Å². The van der Waals surface area contributed by atoms with Gasteiger partial charge in [0.2, 0.25) is 17.8 Å². The summed E-state index contributed by atoms with van der Waals surface area (Å²) < 4.78 is 0. The van der Waals surface area contributed by atoms with Crippen LogP contribution in [-0.4, -0.2) is 49.7 Å². The zero-order valence-corrected chi connectivity index (χ0v) is 16.0. The number of benzene rings is 1. The van der Waals surface area contributed by atoms with Gasteiger partial charge in [-0.2, -0.15) is 15.0 Å². The molecule has 3 aromatic rings. The summed E-state index contributed by atoms with van der Waals surface area (Å²) in [6.45, 7) is 6.35. The van der Waals surface area contributed by atoms with Crippen molar-refractivity contribution in [3.05, 3.63) is 48.4 Å².